The number of alkyl halides is 1. The topological polar surface area (TPSA) is 105 Å². The van der Waals surface area contributed by atoms with Crippen LogP contribution >= 0.6 is 11.3 Å². The first-order chi connectivity index (χ1) is 14.8. The Labute approximate surface area is 179 Å². The molecule has 2 atom stereocenters. The quantitative estimate of drug-likeness (QED) is 0.512. The van der Waals surface area contributed by atoms with E-state index in [2.05, 4.69) is 15.1 Å². The second kappa shape index (κ2) is 7.12. The lowest BCUT2D eigenvalue weighted by Crippen LogP contribution is -2.43. The van der Waals surface area contributed by atoms with Crippen LogP contribution in [0.2, 0.25) is 0 Å². The van der Waals surface area contributed by atoms with Crippen LogP contribution in [0.15, 0.2) is 29.3 Å². The molecule has 1 N–H and O–H groups in total. The van der Waals surface area contributed by atoms with E-state index in [0.29, 0.717) is 27.6 Å². The number of imidazole rings is 1. The zero-order valence-electron chi connectivity index (χ0n) is 16.8. The van der Waals surface area contributed by atoms with Crippen molar-refractivity contribution in [3.8, 4) is 11.4 Å². The molecule has 1 aliphatic rings. The summed E-state index contributed by atoms with van der Waals surface area (Å²) in [6.45, 7) is 3.90. The number of piperidine rings is 1. The highest BCUT2D eigenvalue weighted by atomic mass is 32.1. The number of likely N-dealkylation sites (tertiary alicyclic amines) is 1. The third kappa shape index (κ3) is 3.34. The van der Waals surface area contributed by atoms with Gasteiger partial charge in [-0.25, -0.2) is 23.7 Å². The molecule has 0 radical (unpaired) electrons. The first-order valence-corrected chi connectivity index (χ1v) is 10.6. The minimum Gasteiger partial charge on any atom is -0.465 e. The van der Waals surface area contributed by atoms with E-state index in [4.69, 9.17) is 5.11 Å². The molecule has 4 aromatic rings. The molecule has 0 aromatic carbocycles. The van der Waals surface area contributed by atoms with Crippen molar-refractivity contribution in [3.63, 3.8) is 0 Å². The van der Waals surface area contributed by atoms with E-state index >= 15 is 0 Å². The predicted molar refractivity (Wildman–Crippen MR) is 113 cm³/mol. The molecule has 1 amide bonds. The summed E-state index contributed by atoms with van der Waals surface area (Å²) in [7, 11) is 0. The van der Waals surface area contributed by atoms with E-state index in [1.54, 1.807) is 10.7 Å². The number of carboxylic acid groups (broad SMARTS) is 1. The highest BCUT2D eigenvalue weighted by Crippen LogP contribution is 2.34. The standard InChI is InChI=1S/C20H19FN6O3S/c1-10-5-15(24-27-7-11(2)22-18(10)27)14-6-17(28)26-9-16(31-19(26)23-14)12-3-4-25(20(29)30)8-13(12)21/h5-7,9,12-13H,3-4,8H2,1-2H3,(H,29,30)/t12-,13-/m0/s1. The SMILES string of the molecule is Cc1cn2nc(-c3cc(=O)n4cc([C@H]5CCN(C(=O)O)C[C@@H]5F)sc4n3)cc(C)c2n1. The fourth-order valence-electron chi connectivity index (χ4n) is 3.99. The molecule has 31 heavy (non-hydrogen) atoms. The Bertz CT molecular complexity index is 1390. The van der Waals surface area contributed by atoms with Crippen LogP contribution < -0.4 is 5.56 Å². The normalized spacial score (nSPS) is 19.4. The summed E-state index contributed by atoms with van der Waals surface area (Å²) in [5.74, 6) is -0.462. The molecule has 1 saturated heterocycles. The average molecular weight is 442 g/mol. The van der Waals surface area contributed by atoms with Crippen LogP contribution in [0.5, 0.6) is 0 Å². The molecule has 5 rings (SSSR count). The summed E-state index contributed by atoms with van der Waals surface area (Å²) in [4.78, 5) is 35.1. The molecule has 11 heteroatoms. The lowest BCUT2D eigenvalue weighted by atomic mass is 9.94. The fraction of sp³-hybridized carbons (Fsp3) is 0.350. The van der Waals surface area contributed by atoms with Crippen molar-refractivity contribution in [3.05, 3.63) is 51.0 Å². The van der Waals surface area contributed by atoms with Gasteiger partial charge in [0, 0.05) is 29.6 Å². The third-order valence-electron chi connectivity index (χ3n) is 5.55. The molecule has 1 fully saturated rings. The van der Waals surface area contributed by atoms with Crippen molar-refractivity contribution < 1.29 is 14.3 Å². The second-order valence-electron chi connectivity index (χ2n) is 7.77. The fourth-order valence-corrected chi connectivity index (χ4v) is 5.16. The molecule has 0 unspecified atom stereocenters. The first kappa shape index (κ1) is 19.6. The summed E-state index contributed by atoms with van der Waals surface area (Å²) in [6.07, 6.45) is 1.34. The Morgan fingerprint density at radius 2 is 2.03 bits per heavy atom. The zero-order valence-corrected chi connectivity index (χ0v) is 17.6. The van der Waals surface area contributed by atoms with Gasteiger partial charge in [0.25, 0.3) is 5.56 Å². The average Bonchev–Trinajstić information content (AvgIpc) is 3.31. The van der Waals surface area contributed by atoms with Gasteiger partial charge in [0.1, 0.15) is 11.9 Å². The molecule has 4 aromatic heterocycles. The number of fused-ring (bicyclic) bond motifs is 2. The van der Waals surface area contributed by atoms with Gasteiger partial charge >= 0.3 is 6.09 Å². The van der Waals surface area contributed by atoms with E-state index in [1.165, 1.54) is 21.8 Å². The lowest BCUT2D eigenvalue weighted by Gasteiger charge is -2.32. The molecular formula is C20H19FN6O3S. The van der Waals surface area contributed by atoms with Crippen LogP contribution in [0, 0.1) is 13.8 Å². The predicted octanol–water partition coefficient (Wildman–Crippen LogP) is 2.89. The van der Waals surface area contributed by atoms with Crippen molar-refractivity contribution in [1.29, 1.82) is 0 Å². The molecule has 160 valence electrons. The van der Waals surface area contributed by atoms with Gasteiger partial charge in [-0.05, 0) is 31.9 Å². The minimum atomic E-state index is -1.33. The van der Waals surface area contributed by atoms with E-state index in [1.807, 2.05) is 26.1 Å². The van der Waals surface area contributed by atoms with Crippen LogP contribution in [-0.4, -0.2) is 59.3 Å². The monoisotopic (exact) mass is 442 g/mol. The van der Waals surface area contributed by atoms with Crippen molar-refractivity contribution in [2.24, 2.45) is 0 Å². The number of hydrogen-bond donors (Lipinski definition) is 1. The number of halogens is 1. The molecule has 0 saturated carbocycles. The number of aromatic nitrogens is 5. The van der Waals surface area contributed by atoms with Gasteiger partial charge in [-0.3, -0.25) is 9.20 Å². The van der Waals surface area contributed by atoms with Crippen LogP contribution in [0.1, 0.15) is 28.5 Å². The Morgan fingerprint density at radius 3 is 2.77 bits per heavy atom. The Balaban J connectivity index is 1.54. The summed E-state index contributed by atoms with van der Waals surface area (Å²) in [6, 6.07) is 3.26. The molecule has 0 bridgehead atoms. The molecule has 9 nitrogen and oxygen atoms in total. The highest BCUT2D eigenvalue weighted by Gasteiger charge is 2.34. The highest BCUT2D eigenvalue weighted by molar-refractivity contribution is 7.17. The second-order valence-corrected chi connectivity index (χ2v) is 8.81. The zero-order chi connectivity index (χ0) is 21.9. The third-order valence-corrected chi connectivity index (χ3v) is 6.67. The van der Waals surface area contributed by atoms with E-state index in [9.17, 15) is 14.0 Å². The number of amides is 1. The first-order valence-electron chi connectivity index (χ1n) is 9.79. The lowest BCUT2D eigenvalue weighted by molar-refractivity contribution is 0.0969. The van der Waals surface area contributed by atoms with Crippen molar-refractivity contribution in [2.45, 2.75) is 32.4 Å². The van der Waals surface area contributed by atoms with Gasteiger partial charge < -0.3 is 10.0 Å². The number of rotatable bonds is 2. The number of carbonyl (C=O) groups is 1. The maximum atomic E-state index is 14.7. The molecular weight excluding hydrogens is 423 g/mol. The molecule has 0 aliphatic carbocycles. The van der Waals surface area contributed by atoms with Gasteiger partial charge in [0.15, 0.2) is 10.6 Å². The smallest absolute Gasteiger partial charge is 0.407 e. The largest absolute Gasteiger partial charge is 0.465 e. The van der Waals surface area contributed by atoms with Gasteiger partial charge in [-0.1, -0.05) is 0 Å². The molecule has 5 heterocycles. The van der Waals surface area contributed by atoms with Gasteiger partial charge in [0.05, 0.1) is 24.1 Å². The maximum absolute atomic E-state index is 14.7. The Kier molecular flexibility index (Phi) is 4.50. The van der Waals surface area contributed by atoms with E-state index in [0.717, 1.165) is 21.8 Å². The van der Waals surface area contributed by atoms with Gasteiger partial charge in [-0.15, -0.1) is 11.3 Å². The van der Waals surface area contributed by atoms with Gasteiger partial charge in [0.2, 0.25) is 0 Å². The van der Waals surface area contributed by atoms with Crippen LogP contribution in [0.25, 0.3) is 22.0 Å². The Morgan fingerprint density at radius 1 is 1.23 bits per heavy atom. The summed E-state index contributed by atoms with van der Waals surface area (Å²) < 4.78 is 17.8. The summed E-state index contributed by atoms with van der Waals surface area (Å²) in [5.41, 5.74) is 3.22. The minimum absolute atomic E-state index is 0.171. The summed E-state index contributed by atoms with van der Waals surface area (Å²) in [5, 5.41) is 13.6. The van der Waals surface area contributed by atoms with Gasteiger partial charge in [-0.2, -0.15) is 5.10 Å². The van der Waals surface area contributed by atoms with Crippen LogP contribution in [0.4, 0.5) is 9.18 Å². The Hall–Kier alpha value is -3.34. The maximum Gasteiger partial charge on any atom is 0.407 e. The molecule has 0 spiro atoms. The number of nitrogens with zero attached hydrogens (tertiary/aromatic N) is 6. The number of hydrogen-bond acceptors (Lipinski definition) is 6. The van der Waals surface area contributed by atoms with E-state index in [-0.39, 0.29) is 18.6 Å². The number of aryl methyl sites for hydroxylation is 2. The van der Waals surface area contributed by atoms with Crippen molar-refractivity contribution in [1.82, 2.24) is 28.9 Å². The molecule has 1 aliphatic heterocycles. The summed E-state index contributed by atoms with van der Waals surface area (Å²) >= 11 is 1.25. The van der Waals surface area contributed by atoms with Crippen molar-refractivity contribution >= 4 is 28.0 Å². The van der Waals surface area contributed by atoms with Crippen LogP contribution in [-0.2, 0) is 0 Å². The van der Waals surface area contributed by atoms with E-state index < -0.39 is 18.2 Å². The van der Waals surface area contributed by atoms with Crippen LogP contribution in [0.3, 0.4) is 0 Å². The number of thiazole rings is 1. The van der Waals surface area contributed by atoms with Crippen molar-refractivity contribution in [2.75, 3.05) is 13.1 Å².